The summed E-state index contributed by atoms with van der Waals surface area (Å²) in [4.78, 5) is 2.68. The fraction of sp³-hybridized carbons (Fsp3) is 0.455. The van der Waals surface area contributed by atoms with Gasteiger partial charge in [-0.2, -0.15) is 0 Å². The molecule has 8 rings (SSSR count). The fourth-order valence-corrected chi connectivity index (χ4v) is 9.35. The lowest BCUT2D eigenvalue weighted by molar-refractivity contribution is 0.281. The molecule has 2 saturated heterocycles. The number of likely N-dealkylation sites (tertiary alicyclic amines) is 1. The minimum atomic E-state index is 0. The third-order valence-electron chi connectivity index (χ3n) is 12.0. The Morgan fingerprint density at radius 3 is 1.49 bits per heavy atom. The molecular formula is C44H57BrN2. The van der Waals surface area contributed by atoms with Gasteiger partial charge in [0.15, 0.2) is 0 Å². The van der Waals surface area contributed by atoms with E-state index in [1.54, 1.807) is 11.1 Å². The number of benzene rings is 4. The van der Waals surface area contributed by atoms with Gasteiger partial charge in [0.25, 0.3) is 0 Å². The number of fused-ring (bicyclic) bond motifs is 2. The molecule has 4 aromatic carbocycles. The summed E-state index contributed by atoms with van der Waals surface area (Å²) < 4.78 is 0. The van der Waals surface area contributed by atoms with Gasteiger partial charge < -0.3 is 10.2 Å². The average molecular weight is 694 g/mol. The molecule has 1 N–H and O–H groups in total. The van der Waals surface area contributed by atoms with E-state index in [0.717, 1.165) is 35.4 Å². The Hall–Kier alpha value is -2.72. The summed E-state index contributed by atoms with van der Waals surface area (Å²) >= 11 is 3.41. The minimum absolute atomic E-state index is 0. The lowest BCUT2D eigenvalue weighted by Crippen LogP contribution is -2.30. The minimum Gasteiger partial charge on any atom is -0.316 e. The van der Waals surface area contributed by atoms with Crippen LogP contribution in [0.1, 0.15) is 59.8 Å². The van der Waals surface area contributed by atoms with Gasteiger partial charge in [0.2, 0.25) is 0 Å². The lowest BCUT2D eigenvalue weighted by Gasteiger charge is -2.24. The second-order valence-corrected chi connectivity index (χ2v) is 16.1. The summed E-state index contributed by atoms with van der Waals surface area (Å²) in [6, 6.07) is 35.8. The van der Waals surface area contributed by atoms with E-state index in [-0.39, 0.29) is 1.43 Å². The number of hydrogen-bond donors (Lipinski definition) is 1. The van der Waals surface area contributed by atoms with Gasteiger partial charge >= 0.3 is 0 Å². The molecule has 2 nitrogen and oxygen atoms in total. The van der Waals surface area contributed by atoms with Crippen LogP contribution in [0.15, 0.2) is 97.1 Å². The molecule has 4 aromatic rings. The maximum atomic E-state index is 3.46. The second kappa shape index (κ2) is 14.4. The molecule has 2 heterocycles. The van der Waals surface area contributed by atoms with E-state index in [9.17, 15) is 0 Å². The molecular weight excluding hydrogens is 636 g/mol. The Labute approximate surface area is 295 Å². The standard InChI is InChI=1S/C22H27N.C13H17N.C9H11Br.H2/c1-16-6-4-8-18(12-16)10-11-23-14-20-21(15-23)22(20,3)19-9-5-7-17(2)13-19;1-9-4-3-5-10(6-9)13(2)11-7-14-8-12(11)13;1-8-3-2-4-9(7-8)5-6-10;/h4-9,12-13,20-21H,10-11,14-15H2,1-3H3;3-6,11-12,14H,7-8H2,1-2H3;2-4,7H,5-6H2,1H3;1H. The molecule has 0 aromatic heterocycles. The zero-order valence-electron chi connectivity index (χ0n) is 29.5. The topological polar surface area (TPSA) is 15.3 Å². The van der Waals surface area contributed by atoms with Gasteiger partial charge in [-0.15, -0.1) is 0 Å². The summed E-state index contributed by atoms with van der Waals surface area (Å²) in [6.07, 6.45) is 2.31. The smallest absolute Gasteiger partial charge is 0.00718 e. The first-order valence-corrected chi connectivity index (χ1v) is 19.0. The monoisotopic (exact) mass is 692 g/mol. The Kier molecular flexibility index (Phi) is 10.5. The van der Waals surface area contributed by atoms with Crippen molar-refractivity contribution < 1.29 is 1.43 Å². The molecule has 4 aliphatic rings. The van der Waals surface area contributed by atoms with Gasteiger partial charge in [-0.1, -0.05) is 149 Å². The van der Waals surface area contributed by atoms with Crippen LogP contribution in [0.4, 0.5) is 0 Å². The summed E-state index contributed by atoms with van der Waals surface area (Å²) in [5.74, 6) is 3.51. The van der Waals surface area contributed by atoms with Crippen molar-refractivity contribution in [2.45, 2.75) is 65.2 Å². The second-order valence-electron chi connectivity index (χ2n) is 15.3. The van der Waals surface area contributed by atoms with Gasteiger partial charge in [0.1, 0.15) is 0 Å². The maximum absolute atomic E-state index is 3.46. The number of piperidine rings is 2. The van der Waals surface area contributed by atoms with Gasteiger partial charge in [-0.3, -0.25) is 0 Å². The Morgan fingerprint density at radius 1 is 0.617 bits per heavy atom. The normalized spacial score (nSPS) is 28.3. The number of halogens is 1. The summed E-state index contributed by atoms with van der Waals surface area (Å²) in [5, 5.41) is 4.51. The van der Waals surface area contributed by atoms with Crippen LogP contribution < -0.4 is 5.32 Å². The molecule has 4 fully saturated rings. The van der Waals surface area contributed by atoms with E-state index in [1.807, 2.05) is 0 Å². The number of nitrogens with zero attached hydrogens (tertiary/aromatic N) is 1. The molecule has 2 aliphatic heterocycles. The molecule has 0 bridgehead atoms. The van der Waals surface area contributed by atoms with Crippen molar-refractivity contribution in [2.75, 3.05) is 38.1 Å². The highest BCUT2D eigenvalue weighted by Crippen LogP contribution is 2.63. The molecule has 4 unspecified atom stereocenters. The van der Waals surface area contributed by atoms with Crippen LogP contribution in [-0.4, -0.2) is 43.0 Å². The fourth-order valence-electron chi connectivity index (χ4n) is 8.89. The van der Waals surface area contributed by atoms with Crippen LogP contribution in [0.3, 0.4) is 0 Å². The Balaban J connectivity index is 0.000000154. The van der Waals surface area contributed by atoms with Crippen molar-refractivity contribution in [1.29, 1.82) is 0 Å². The molecule has 0 radical (unpaired) electrons. The highest BCUT2D eigenvalue weighted by atomic mass is 79.9. The largest absolute Gasteiger partial charge is 0.316 e. The van der Waals surface area contributed by atoms with Gasteiger partial charge in [0.05, 0.1) is 0 Å². The van der Waals surface area contributed by atoms with Crippen LogP contribution in [0.5, 0.6) is 0 Å². The Morgan fingerprint density at radius 2 is 1.04 bits per heavy atom. The molecule has 2 saturated carbocycles. The molecule has 2 aliphatic carbocycles. The van der Waals surface area contributed by atoms with Crippen LogP contribution in [0, 0.1) is 51.4 Å². The number of alkyl halides is 1. The number of hydrogen-bond acceptors (Lipinski definition) is 2. The van der Waals surface area contributed by atoms with E-state index in [0.29, 0.717) is 10.8 Å². The Bertz CT molecular complexity index is 1640. The molecule has 0 spiro atoms. The van der Waals surface area contributed by atoms with E-state index >= 15 is 0 Å². The van der Waals surface area contributed by atoms with E-state index in [2.05, 4.69) is 165 Å². The maximum Gasteiger partial charge on any atom is 0.00718 e. The third kappa shape index (κ3) is 7.48. The third-order valence-corrected chi connectivity index (χ3v) is 12.4. The van der Waals surface area contributed by atoms with Gasteiger partial charge in [-0.25, -0.2) is 0 Å². The number of rotatable bonds is 7. The van der Waals surface area contributed by atoms with Crippen molar-refractivity contribution in [3.63, 3.8) is 0 Å². The zero-order valence-corrected chi connectivity index (χ0v) is 31.1. The van der Waals surface area contributed by atoms with Crippen LogP contribution in [-0.2, 0) is 23.7 Å². The molecule has 250 valence electrons. The van der Waals surface area contributed by atoms with Crippen molar-refractivity contribution in [3.05, 3.63) is 142 Å². The summed E-state index contributed by atoms with van der Waals surface area (Å²) in [7, 11) is 0. The van der Waals surface area contributed by atoms with Crippen molar-refractivity contribution in [3.8, 4) is 0 Å². The summed E-state index contributed by atoms with van der Waals surface area (Å²) in [6.45, 7) is 19.8. The summed E-state index contributed by atoms with van der Waals surface area (Å²) in [5.41, 5.74) is 12.4. The zero-order chi connectivity index (χ0) is 33.2. The number of aryl methyl sites for hydroxylation is 5. The van der Waals surface area contributed by atoms with Crippen LogP contribution in [0.25, 0.3) is 0 Å². The number of nitrogens with one attached hydrogen (secondary N) is 1. The van der Waals surface area contributed by atoms with E-state index in [4.69, 9.17) is 0 Å². The molecule has 3 heteroatoms. The predicted molar refractivity (Wildman–Crippen MR) is 206 cm³/mol. The van der Waals surface area contributed by atoms with Crippen LogP contribution in [0.2, 0.25) is 0 Å². The quantitative estimate of drug-likeness (QED) is 0.194. The average Bonchev–Trinajstić information content (AvgIpc) is 3.53. The highest BCUT2D eigenvalue weighted by molar-refractivity contribution is 9.09. The van der Waals surface area contributed by atoms with Crippen molar-refractivity contribution in [2.24, 2.45) is 23.7 Å². The molecule has 47 heavy (non-hydrogen) atoms. The first kappa shape index (κ1) is 34.2. The van der Waals surface area contributed by atoms with Crippen molar-refractivity contribution in [1.82, 2.24) is 10.2 Å². The predicted octanol–water partition coefficient (Wildman–Crippen LogP) is 9.65. The van der Waals surface area contributed by atoms with E-state index < -0.39 is 0 Å². The van der Waals surface area contributed by atoms with Crippen molar-refractivity contribution >= 4 is 15.9 Å². The van der Waals surface area contributed by atoms with Gasteiger partial charge in [-0.05, 0) is 99.6 Å². The lowest BCUT2D eigenvalue weighted by atomic mass is 9.91. The SMILES string of the molecule is Cc1cccc(C2(C)C3CNCC32)c1.Cc1cccc(CCBr)c1.Cc1cccc(CCN2CC3C(C2)C3(C)c2cccc(C)c2)c1.[HH]. The first-order chi connectivity index (χ1) is 22.6. The molecule has 4 atom stereocenters. The van der Waals surface area contributed by atoms with Crippen LogP contribution >= 0.6 is 15.9 Å². The highest BCUT2D eigenvalue weighted by Gasteiger charge is 2.65. The van der Waals surface area contributed by atoms with Gasteiger partial charge in [0, 0.05) is 37.2 Å². The first-order valence-electron chi connectivity index (χ1n) is 17.9. The molecule has 0 amide bonds. The van der Waals surface area contributed by atoms with E-state index in [1.165, 1.54) is 72.5 Å².